The summed E-state index contributed by atoms with van der Waals surface area (Å²) in [4.78, 5) is 23.2. The zero-order valence-corrected chi connectivity index (χ0v) is 12.4. The van der Waals surface area contributed by atoms with E-state index in [2.05, 4.69) is 15.9 Å². The van der Waals surface area contributed by atoms with Crippen LogP contribution in [0.5, 0.6) is 0 Å². The molecule has 20 heavy (non-hydrogen) atoms. The molecule has 0 saturated heterocycles. The van der Waals surface area contributed by atoms with Crippen molar-refractivity contribution in [2.24, 2.45) is 0 Å². The summed E-state index contributed by atoms with van der Waals surface area (Å²) >= 11 is 8.84. The molecule has 0 aromatic heterocycles. The lowest BCUT2D eigenvalue weighted by Crippen LogP contribution is -2.37. The topological polar surface area (TPSA) is 63.4 Å². The molecular formula is C11H10BrClF2N2O3. The lowest BCUT2D eigenvalue weighted by Gasteiger charge is -2.21. The van der Waals surface area contributed by atoms with Gasteiger partial charge in [-0.2, -0.15) is 0 Å². The fraction of sp³-hybridized carbons (Fsp3) is 0.364. The van der Waals surface area contributed by atoms with Crippen molar-refractivity contribution >= 4 is 39.1 Å². The Bertz CT molecular complexity index is 516. The number of alkyl halides is 3. The first-order chi connectivity index (χ1) is 9.38. The number of amides is 1. The predicted octanol–water partition coefficient (Wildman–Crippen LogP) is 3.35. The molecule has 0 radical (unpaired) electrons. The summed E-state index contributed by atoms with van der Waals surface area (Å²) in [5, 5.41) is 11.0. The number of hydrogen-bond acceptors (Lipinski definition) is 3. The highest BCUT2D eigenvalue weighted by Gasteiger charge is 2.28. The van der Waals surface area contributed by atoms with Crippen LogP contribution >= 0.6 is 27.5 Å². The summed E-state index contributed by atoms with van der Waals surface area (Å²) in [5.41, 5.74) is -0.878. The van der Waals surface area contributed by atoms with Crippen LogP contribution in [0.4, 0.5) is 14.5 Å². The number of carbonyl (C=O) groups is 1. The molecule has 0 heterocycles. The number of nitro groups is 1. The van der Waals surface area contributed by atoms with E-state index in [1.165, 1.54) is 12.1 Å². The highest BCUT2D eigenvalue weighted by atomic mass is 79.9. The summed E-state index contributed by atoms with van der Waals surface area (Å²) in [6.45, 7) is -0.821. The number of nitro benzene ring substituents is 1. The molecule has 1 rings (SSSR count). The minimum Gasteiger partial charge on any atom is -0.332 e. The Morgan fingerprint density at radius 2 is 2.15 bits per heavy atom. The van der Waals surface area contributed by atoms with Crippen molar-refractivity contribution in [1.82, 2.24) is 4.90 Å². The van der Waals surface area contributed by atoms with Crippen molar-refractivity contribution < 1.29 is 18.5 Å². The third-order valence-electron chi connectivity index (χ3n) is 2.40. The molecule has 0 N–H and O–H groups in total. The van der Waals surface area contributed by atoms with Crippen LogP contribution in [-0.2, 0) is 0 Å². The molecule has 0 aliphatic heterocycles. The van der Waals surface area contributed by atoms with E-state index >= 15 is 0 Å². The number of hydrogen-bond donors (Lipinski definition) is 0. The Hall–Kier alpha value is -1.28. The number of benzene rings is 1. The number of carbonyl (C=O) groups excluding carboxylic acids is 1. The van der Waals surface area contributed by atoms with Crippen molar-refractivity contribution in [2.45, 2.75) is 6.43 Å². The third kappa shape index (κ3) is 4.11. The Balaban J connectivity index is 3.20. The standard InChI is InChI=1S/C11H10BrClF2N2O3/c12-4-5-16(6-9(14)15)11(18)10-7(13)2-1-3-8(10)17(19)20/h1-3,9H,4-6H2. The van der Waals surface area contributed by atoms with Gasteiger partial charge in [0.1, 0.15) is 5.56 Å². The first-order valence-electron chi connectivity index (χ1n) is 5.44. The van der Waals surface area contributed by atoms with Crippen LogP contribution < -0.4 is 0 Å². The first-order valence-corrected chi connectivity index (χ1v) is 6.94. The van der Waals surface area contributed by atoms with Crippen LogP contribution in [0.2, 0.25) is 5.02 Å². The third-order valence-corrected chi connectivity index (χ3v) is 3.07. The molecule has 9 heteroatoms. The summed E-state index contributed by atoms with van der Waals surface area (Å²) in [7, 11) is 0. The molecule has 0 fully saturated rings. The Labute approximate surface area is 126 Å². The predicted molar refractivity (Wildman–Crippen MR) is 73.8 cm³/mol. The monoisotopic (exact) mass is 370 g/mol. The zero-order valence-electron chi connectivity index (χ0n) is 10.1. The van der Waals surface area contributed by atoms with Crippen molar-refractivity contribution in [1.29, 1.82) is 0 Å². The fourth-order valence-corrected chi connectivity index (χ4v) is 2.26. The fourth-order valence-electron chi connectivity index (χ4n) is 1.58. The largest absolute Gasteiger partial charge is 0.332 e. The van der Waals surface area contributed by atoms with E-state index in [1.807, 2.05) is 0 Å². The van der Waals surface area contributed by atoms with Crippen molar-refractivity contribution in [2.75, 3.05) is 18.4 Å². The van der Waals surface area contributed by atoms with Crippen molar-refractivity contribution in [3.8, 4) is 0 Å². The Kier molecular flexibility index (Phi) is 6.28. The average Bonchev–Trinajstić information content (AvgIpc) is 2.36. The second-order valence-electron chi connectivity index (χ2n) is 3.72. The molecule has 110 valence electrons. The molecule has 1 aromatic rings. The summed E-state index contributed by atoms with van der Waals surface area (Å²) in [6, 6.07) is 3.73. The number of halogens is 4. The van der Waals surface area contributed by atoms with Gasteiger partial charge in [-0.3, -0.25) is 14.9 Å². The highest BCUT2D eigenvalue weighted by molar-refractivity contribution is 9.09. The number of rotatable bonds is 6. The maximum absolute atomic E-state index is 12.5. The first kappa shape index (κ1) is 16.8. The number of nitrogens with zero attached hydrogens (tertiary/aromatic N) is 2. The van der Waals surface area contributed by atoms with Crippen LogP contribution in [0.15, 0.2) is 18.2 Å². The Morgan fingerprint density at radius 3 is 2.65 bits per heavy atom. The maximum atomic E-state index is 12.5. The lowest BCUT2D eigenvalue weighted by molar-refractivity contribution is -0.385. The van der Waals surface area contributed by atoms with Gasteiger partial charge in [0.05, 0.1) is 16.5 Å². The molecule has 0 aliphatic rings. The van der Waals surface area contributed by atoms with E-state index in [-0.39, 0.29) is 22.5 Å². The van der Waals surface area contributed by atoms with Gasteiger partial charge in [-0.1, -0.05) is 33.6 Å². The van der Waals surface area contributed by atoms with E-state index in [0.717, 1.165) is 11.0 Å². The molecule has 0 atom stereocenters. The van der Waals surface area contributed by atoms with Crippen molar-refractivity contribution in [3.05, 3.63) is 38.9 Å². The molecule has 0 spiro atoms. The van der Waals surface area contributed by atoms with Crippen LogP contribution in [0.25, 0.3) is 0 Å². The minimum atomic E-state index is -2.74. The molecule has 1 amide bonds. The smallest absolute Gasteiger partial charge is 0.283 e. The molecule has 1 aromatic carbocycles. The van der Waals surface area contributed by atoms with Crippen LogP contribution in [0.1, 0.15) is 10.4 Å². The zero-order chi connectivity index (χ0) is 15.3. The molecule has 0 bridgehead atoms. The van der Waals surface area contributed by atoms with Gasteiger partial charge in [0.15, 0.2) is 0 Å². The molecule has 0 saturated carbocycles. The van der Waals surface area contributed by atoms with E-state index in [4.69, 9.17) is 11.6 Å². The summed E-state index contributed by atoms with van der Waals surface area (Å²) in [6.07, 6.45) is -2.74. The van der Waals surface area contributed by atoms with Gasteiger partial charge in [0.2, 0.25) is 0 Å². The quantitative estimate of drug-likeness (QED) is 0.438. The van der Waals surface area contributed by atoms with Gasteiger partial charge in [0, 0.05) is 17.9 Å². The normalized spacial score (nSPS) is 10.7. The molecular weight excluding hydrogens is 361 g/mol. The minimum absolute atomic E-state index is 0.00838. The van der Waals surface area contributed by atoms with Crippen LogP contribution in [0.3, 0.4) is 0 Å². The van der Waals surface area contributed by atoms with E-state index in [0.29, 0.717) is 0 Å². The van der Waals surface area contributed by atoms with Gasteiger partial charge in [0.25, 0.3) is 18.0 Å². The van der Waals surface area contributed by atoms with E-state index in [9.17, 15) is 23.7 Å². The van der Waals surface area contributed by atoms with Gasteiger partial charge < -0.3 is 4.90 Å². The average molecular weight is 372 g/mol. The maximum Gasteiger partial charge on any atom is 0.283 e. The van der Waals surface area contributed by atoms with E-state index in [1.54, 1.807) is 0 Å². The SMILES string of the molecule is O=C(c1c(Cl)cccc1[N+](=O)[O-])N(CCBr)CC(F)F. The summed E-state index contributed by atoms with van der Waals surface area (Å²) in [5.74, 6) is -0.887. The molecule has 5 nitrogen and oxygen atoms in total. The van der Waals surface area contributed by atoms with Gasteiger partial charge in [-0.05, 0) is 6.07 Å². The van der Waals surface area contributed by atoms with Crippen molar-refractivity contribution in [3.63, 3.8) is 0 Å². The Morgan fingerprint density at radius 1 is 1.50 bits per heavy atom. The van der Waals surface area contributed by atoms with Crippen LogP contribution in [0, 0.1) is 10.1 Å². The van der Waals surface area contributed by atoms with E-state index < -0.39 is 29.5 Å². The van der Waals surface area contributed by atoms with Crippen LogP contribution in [-0.4, -0.2) is 40.6 Å². The summed E-state index contributed by atoms with van der Waals surface area (Å²) < 4.78 is 24.9. The second kappa shape index (κ2) is 7.49. The van der Waals surface area contributed by atoms with Gasteiger partial charge >= 0.3 is 0 Å². The highest BCUT2D eigenvalue weighted by Crippen LogP contribution is 2.27. The molecule has 0 unspecified atom stereocenters. The van der Waals surface area contributed by atoms with Gasteiger partial charge in [-0.25, -0.2) is 8.78 Å². The molecule has 0 aliphatic carbocycles. The second-order valence-corrected chi connectivity index (χ2v) is 4.92. The van der Waals surface area contributed by atoms with Gasteiger partial charge in [-0.15, -0.1) is 0 Å². The lowest BCUT2D eigenvalue weighted by atomic mass is 10.1.